The summed E-state index contributed by atoms with van der Waals surface area (Å²) in [4.78, 5) is 11.5. The molecule has 1 rings (SSSR count). The second-order valence-corrected chi connectivity index (χ2v) is 4.85. The minimum absolute atomic E-state index is 0.0774. The summed E-state index contributed by atoms with van der Waals surface area (Å²) in [6.07, 6.45) is 2.48. The summed E-state index contributed by atoms with van der Waals surface area (Å²) in [6, 6.07) is -0.420. The minimum Gasteiger partial charge on any atom is -0.393 e. The van der Waals surface area contributed by atoms with Crippen LogP contribution in [-0.2, 0) is 4.79 Å². The lowest BCUT2D eigenvalue weighted by molar-refractivity contribution is -0.123. The Morgan fingerprint density at radius 3 is 2.67 bits per heavy atom. The predicted octanol–water partition coefficient (Wildman–Crippen LogP) is 0.247. The average molecular weight is 214 g/mol. The highest BCUT2D eigenvalue weighted by Crippen LogP contribution is 2.24. The van der Waals surface area contributed by atoms with Gasteiger partial charge < -0.3 is 16.2 Å². The first-order chi connectivity index (χ1) is 7.00. The number of nitrogens with one attached hydrogen (secondary N) is 1. The summed E-state index contributed by atoms with van der Waals surface area (Å²) in [5, 5.41) is 12.2. The molecule has 0 saturated heterocycles. The topological polar surface area (TPSA) is 75.4 Å². The number of rotatable bonds is 4. The molecule has 1 amide bonds. The van der Waals surface area contributed by atoms with Crippen LogP contribution in [0.4, 0.5) is 0 Å². The van der Waals surface area contributed by atoms with Crippen molar-refractivity contribution in [1.29, 1.82) is 0 Å². The third-order valence-corrected chi connectivity index (χ3v) is 3.10. The van der Waals surface area contributed by atoms with Crippen molar-refractivity contribution in [2.75, 3.05) is 6.54 Å². The third-order valence-electron chi connectivity index (χ3n) is 3.10. The number of carbonyl (C=O) groups is 1. The number of hydrogen-bond acceptors (Lipinski definition) is 3. The first-order valence-electron chi connectivity index (χ1n) is 5.72. The van der Waals surface area contributed by atoms with Crippen molar-refractivity contribution in [1.82, 2.24) is 5.32 Å². The van der Waals surface area contributed by atoms with Crippen molar-refractivity contribution in [2.45, 2.75) is 45.3 Å². The molecule has 4 N–H and O–H groups in total. The molecular weight excluding hydrogens is 192 g/mol. The average Bonchev–Trinajstić information content (AvgIpc) is 2.59. The highest BCUT2D eigenvalue weighted by molar-refractivity contribution is 5.81. The van der Waals surface area contributed by atoms with E-state index < -0.39 is 6.04 Å². The van der Waals surface area contributed by atoms with Crippen LogP contribution < -0.4 is 11.1 Å². The Balaban J connectivity index is 2.22. The van der Waals surface area contributed by atoms with E-state index in [1.165, 1.54) is 0 Å². The minimum atomic E-state index is -0.420. The summed E-state index contributed by atoms with van der Waals surface area (Å²) in [6.45, 7) is 4.52. The normalized spacial score (nSPS) is 28.1. The molecule has 88 valence electrons. The second kappa shape index (κ2) is 5.47. The molecule has 1 fully saturated rings. The van der Waals surface area contributed by atoms with E-state index in [1.807, 2.05) is 13.8 Å². The van der Waals surface area contributed by atoms with E-state index in [9.17, 15) is 9.90 Å². The van der Waals surface area contributed by atoms with Crippen LogP contribution in [0.1, 0.15) is 33.1 Å². The molecule has 1 saturated carbocycles. The van der Waals surface area contributed by atoms with E-state index in [0.29, 0.717) is 12.5 Å². The first kappa shape index (κ1) is 12.5. The maximum atomic E-state index is 11.5. The fourth-order valence-corrected chi connectivity index (χ4v) is 1.90. The molecule has 15 heavy (non-hydrogen) atoms. The fraction of sp³-hybridized carbons (Fsp3) is 0.909. The molecule has 0 aromatic heterocycles. The van der Waals surface area contributed by atoms with Gasteiger partial charge in [0.2, 0.25) is 5.91 Å². The molecule has 0 aromatic rings. The van der Waals surface area contributed by atoms with Crippen LogP contribution >= 0.6 is 0 Å². The van der Waals surface area contributed by atoms with Gasteiger partial charge in [-0.05, 0) is 31.1 Å². The maximum absolute atomic E-state index is 11.5. The Morgan fingerprint density at radius 2 is 2.20 bits per heavy atom. The Hall–Kier alpha value is -0.610. The van der Waals surface area contributed by atoms with Gasteiger partial charge in [-0.25, -0.2) is 0 Å². The summed E-state index contributed by atoms with van der Waals surface area (Å²) >= 11 is 0. The number of aliphatic hydroxyl groups is 1. The Kier molecular flexibility index (Phi) is 4.54. The summed E-state index contributed by atoms with van der Waals surface area (Å²) in [5.74, 6) is 0.508. The smallest absolute Gasteiger partial charge is 0.237 e. The molecule has 0 radical (unpaired) electrons. The van der Waals surface area contributed by atoms with E-state index in [4.69, 9.17) is 5.73 Å². The zero-order chi connectivity index (χ0) is 11.4. The maximum Gasteiger partial charge on any atom is 0.237 e. The summed E-state index contributed by atoms with van der Waals surface area (Å²) in [5.41, 5.74) is 5.71. The quantitative estimate of drug-likeness (QED) is 0.628. The van der Waals surface area contributed by atoms with Crippen LogP contribution in [0, 0.1) is 11.8 Å². The van der Waals surface area contributed by atoms with E-state index in [1.54, 1.807) is 0 Å². The fourth-order valence-electron chi connectivity index (χ4n) is 1.90. The lowest BCUT2D eigenvalue weighted by atomic mass is 10.0. The molecule has 4 nitrogen and oxygen atoms in total. The van der Waals surface area contributed by atoms with Crippen molar-refractivity contribution in [3.8, 4) is 0 Å². The van der Waals surface area contributed by atoms with Crippen LogP contribution in [0.25, 0.3) is 0 Å². The van der Waals surface area contributed by atoms with Crippen molar-refractivity contribution in [3.05, 3.63) is 0 Å². The highest BCUT2D eigenvalue weighted by Gasteiger charge is 2.24. The Labute approximate surface area is 91.2 Å². The van der Waals surface area contributed by atoms with Crippen LogP contribution in [0.3, 0.4) is 0 Å². The molecule has 3 unspecified atom stereocenters. The standard InChI is InChI=1S/C11H22N2O2/c1-7(2)10(12)11(15)13-6-8-3-4-9(14)5-8/h7-10,14H,3-6,12H2,1-2H3,(H,13,15). The van der Waals surface area contributed by atoms with Gasteiger partial charge >= 0.3 is 0 Å². The third kappa shape index (κ3) is 3.80. The number of carbonyl (C=O) groups excluding carboxylic acids is 1. The van der Waals surface area contributed by atoms with Crippen molar-refractivity contribution < 1.29 is 9.90 Å². The number of nitrogens with two attached hydrogens (primary N) is 1. The zero-order valence-corrected chi connectivity index (χ0v) is 9.57. The molecule has 0 spiro atoms. The molecule has 0 heterocycles. The lowest BCUT2D eigenvalue weighted by Gasteiger charge is -2.17. The summed E-state index contributed by atoms with van der Waals surface area (Å²) in [7, 11) is 0. The van der Waals surface area contributed by atoms with Gasteiger partial charge in [0.1, 0.15) is 0 Å². The summed E-state index contributed by atoms with van der Waals surface area (Å²) < 4.78 is 0. The predicted molar refractivity (Wildman–Crippen MR) is 59.2 cm³/mol. The van der Waals surface area contributed by atoms with Crippen LogP contribution in [0.15, 0.2) is 0 Å². The molecule has 4 heteroatoms. The monoisotopic (exact) mass is 214 g/mol. The molecule has 1 aliphatic carbocycles. The molecule has 0 bridgehead atoms. The number of hydrogen-bond donors (Lipinski definition) is 3. The zero-order valence-electron chi connectivity index (χ0n) is 9.57. The number of amides is 1. The molecule has 0 aliphatic heterocycles. The van der Waals surface area contributed by atoms with Crippen molar-refractivity contribution in [3.63, 3.8) is 0 Å². The van der Waals surface area contributed by atoms with Gasteiger partial charge in [0.05, 0.1) is 12.1 Å². The SMILES string of the molecule is CC(C)C(N)C(=O)NCC1CCC(O)C1. The van der Waals surface area contributed by atoms with Gasteiger partial charge in [-0.3, -0.25) is 4.79 Å². The van der Waals surface area contributed by atoms with Crippen molar-refractivity contribution >= 4 is 5.91 Å². The lowest BCUT2D eigenvalue weighted by Crippen LogP contribution is -2.45. The highest BCUT2D eigenvalue weighted by atomic mass is 16.3. The van der Waals surface area contributed by atoms with E-state index in [-0.39, 0.29) is 17.9 Å². The van der Waals surface area contributed by atoms with Crippen LogP contribution in [0.5, 0.6) is 0 Å². The second-order valence-electron chi connectivity index (χ2n) is 4.85. The largest absolute Gasteiger partial charge is 0.393 e. The molecule has 0 aromatic carbocycles. The molecular formula is C11H22N2O2. The van der Waals surface area contributed by atoms with Gasteiger partial charge in [0.25, 0.3) is 0 Å². The van der Waals surface area contributed by atoms with Gasteiger partial charge in [-0.2, -0.15) is 0 Å². The van der Waals surface area contributed by atoms with Crippen LogP contribution in [0.2, 0.25) is 0 Å². The molecule has 3 atom stereocenters. The van der Waals surface area contributed by atoms with Crippen LogP contribution in [-0.4, -0.2) is 29.7 Å². The van der Waals surface area contributed by atoms with Gasteiger partial charge in [-0.1, -0.05) is 13.8 Å². The van der Waals surface area contributed by atoms with Gasteiger partial charge in [0, 0.05) is 6.54 Å². The van der Waals surface area contributed by atoms with Gasteiger partial charge in [-0.15, -0.1) is 0 Å². The van der Waals surface area contributed by atoms with Crippen molar-refractivity contribution in [2.24, 2.45) is 17.6 Å². The first-order valence-corrected chi connectivity index (χ1v) is 5.72. The number of aliphatic hydroxyl groups excluding tert-OH is 1. The van der Waals surface area contributed by atoms with E-state index in [0.717, 1.165) is 19.3 Å². The Bertz CT molecular complexity index is 219. The van der Waals surface area contributed by atoms with E-state index >= 15 is 0 Å². The van der Waals surface area contributed by atoms with Gasteiger partial charge in [0.15, 0.2) is 0 Å². The molecule has 1 aliphatic rings. The Morgan fingerprint density at radius 1 is 1.53 bits per heavy atom. The van der Waals surface area contributed by atoms with E-state index in [2.05, 4.69) is 5.32 Å².